The number of H-pyrrole nitrogens is 1. The highest BCUT2D eigenvalue weighted by atomic mass is 79.9. The molecule has 0 fully saturated rings. The van der Waals surface area contributed by atoms with Crippen molar-refractivity contribution < 1.29 is 9.18 Å². The number of amides is 1. The molecule has 4 nitrogen and oxygen atoms in total. The maximum absolute atomic E-state index is 13.2. The van der Waals surface area contributed by atoms with Crippen LogP contribution in [-0.4, -0.2) is 10.9 Å². The Morgan fingerprint density at radius 2 is 2.28 bits per heavy atom. The molecule has 0 aliphatic heterocycles. The average Bonchev–Trinajstić information content (AvgIpc) is 2.75. The van der Waals surface area contributed by atoms with Crippen LogP contribution in [0.15, 0.2) is 32.8 Å². The van der Waals surface area contributed by atoms with Crippen LogP contribution < -0.4 is 10.2 Å². The van der Waals surface area contributed by atoms with Gasteiger partial charge in [-0.3, -0.25) is 9.59 Å². The van der Waals surface area contributed by atoms with E-state index >= 15 is 0 Å². The molecule has 2 aromatic rings. The van der Waals surface area contributed by atoms with Crippen molar-refractivity contribution in [3.05, 3.63) is 54.8 Å². The second-order valence-electron chi connectivity index (χ2n) is 3.48. The van der Waals surface area contributed by atoms with E-state index in [4.69, 9.17) is 0 Å². The number of hydrogen-bond acceptors (Lipinski definition) is 3. The van der Waals surface area contributed by atoms with Gasteiger partial charge >= 0.3 is 4.87 Å². The smallest absolute Gasteiger partial charge is 0.304 e. The first-order valence-corrected chi connectivity index (χ1v) is 6.63. The van der Waals surface area contributed by atoms with Gasteiger partial charge in [-0.15, -0.1) is 0 Å². The summed E-state index contributed by atoms with van der Waals surface area (Å²) in [5.41, 5.74) is 0.851. The lowest BCUT2D eigenvalue weighted by molar-refractivity contribution is 0.0950. The maximum Gasteiger partial charge on any atom is 0.304 e. The fraction of sp³-hybridized carbons (Fsp3) is 0.0909. The van der Waals surface area contributed by atoms with E-state index in [2.05, 4.69) is 26.2 Å². The molecule has 0 unspecified atom stereocenters. The Kier molecular flexibility index (Phi) is 3.93. The van der Waals surface area contributed by atoms with Crippen molar-refractivity contribution in [3.8, 4) is 0 Å². The van der Waals surface area contributed by atoms with Crippen LogP contribution in [0.5, 0.6) is 0 Å². The van der Waals surface area contributed by atoms with Crippen LogP contribution in [0.2, 0.25) is 0 Å². The molecule has 0 spiro atoms. The first-order chi connectivity index (χ1) is 8.56. The Morgan fingerprint density at radius 3 is 2.89 bits per heavy atom. The molecular weight excluding hydrogens is 323 g/mol. The van der Waals surface area contributed by atoms with Gasteiger partial charge in [-0.1, -0.05) is 11.3 Å². The van der Waals surface area contributed by atoms with Crippen molar-refractivity contribution >= 4 is 33.2 Å². The van der Waals surface area contributed by atoms with Crippen molar-refractivity contribution in [3.63, 3.8) is 0 Å². The molecule has 0 saturated carbocycles. The molecule has 0 atom stereocenters. The van der Waals surface area contributed by atoms with Gasteiger partial charge in [0.25, 0.3) is 5.91 Å². The number of carbonyl (C=O) groups excluding carboxylic acids is 1. The van der Waals surface area contributed by atoms with Crippen LogP contribution in [0.3, 0.4) is 0 Å². The van der Waals surface area contributed by atoms with Crippen LogP contribution in [0.25, 0.3) is 0 Å². The molecule has 0 radical (unpaired) electrons. The predicted octanol–water partition coefficient (Wildman–Crippen LogP) is 2.27. The third kappa shape index (κ3) is 3.05. The summed E-state index contributed by atoms with van der Waals surface area (Å²) in [6.07, 6.45) is 0. The summed E-state index contributed by atoms with van der Waals surface area (Å²) in [5, 5.41) is 4.22. The lowest BCUT2D eigenvalue weighted by Gasteiger charge is -2.04. The number of thiazole rings is 1. The fourth-order valence-corrected chi connectivity index (χ4v) is 2.14. The average molecular weight is 331 g/mol. The molecule has 0 saturated heterocycles. The van der Waals surface area contributed by atoms with Crippen molar-refractivity contribution in [2.45, 2.75) is 6.54 Å². The van der Waals surface area contributed by atoms with Gasteiger partial charge in [-0.2, -0.15) is 0 Å². The minimum Gasteiger partial charge on any atom is -0.346 e. The lowest BCUT2D eigenvalue weighted by atomic mass is 10.2. The standard InChI is InChI=1S/C11H8BrFN2O2S/c12-8-2-1-6(3-9(8)13)10(16)14-4-7-5-18-11(17)15-7/h1-3,5H,4H2,(H,14,16)(H,15,17). The lowest BCUT2D eigenvalue weighted by Crippen LogP contribution is -2.23. The molecule has 0 bridgehead atoms. The third-order valence-corrected chi connectivity index (χ3v) is 3.55. The zero-order chi connectivity index (χ0) is 13.1. The van der Waals surface area contributed by atoms with Gasteiger partial charge in [0.1, 0.15) is 5.82 Å². The fourth-order valence-electron chi connectivity index (χ4n) is 1.32. The highest BCUT2D eigenvalue weighted by Gasteiger charge is 2.08. The van der Waals surface area contributed by atoms with Crippen LogP contribution in [0.4, 0.5) is 4.39 Å². The summed E-state index contributed by atoms with van der Waals surface area (Å²) < 4.78 is 13.5. The summed E-state index contributed by atoms with van der Waals surface area (Å²) in [7, 11) is 0. The van der Waals surface area contributed by atoms with Crippen molar-refractivity contribution in [1.29, 1.82) is 0 Å². The minimum absolute atomic E-state index is 0.172. The molecule has 1 aromatic heterocycles. The van der Waals surface area contributed by atoms with Gasteiger partial charge in [0, 0.05) is 16.6 Å². The van der Waals surface area contributed by atoms with Crippen LogP contribution in [0.1, 0.15) is 16.1 Å². The second-order valence-corrected chi connectivity index (χ2v) is 5.18. The van der Waals surface area contributed by atoms with Gasteiger partial charge in [-0.05, 0) is 34.1 Å². The maximum atomic E-state index is 13.2. The van der Waals surface area contributed by atoms with E-state index in [0.29, 0.717) is 10.2 Å². The summed E-state index contributed by atoms with van der Waals surface area (Å²) in [6, 6.07) is 4.13. The normalized spacial score (nSPS) is 10.3. The van der Waals surface area contributed by atoms with Gasteiger partial charge in [-0.25, -0.2) is 4.39 Å². The Hall–Kier alpha value is -1.47. The van der Waals surface area contributed by atoms with E-state index < -0.39 is 11.7 Å². The first kappa shape index (κ1) is 13.0. The number of carbonyl (C=O) groups is 1. The molecular formula is C11H8BrFN2O2S. The van der Waals surface area contributed by atoms with E-state index in [1.807, 2.05) is 0 Å². The number of aromatic amines is 1. The van der Waals surface area contributed by atoms with Crippen molar-refractivity contribution in [2.24, 2.45) is 0 Å². The Bertz CT molecular complexity index is 638. The molecule has 1 amide bonds. The van der Waals surface area contributed by atoms with Crippen LogP contribution in [0, 0.1) is 5.82 Å². The van der Waals surface area contributed by atoms with Gasteiger partial charge in [0.2, 0.25) is 0 Å². The zero-order valence-corrected chi connectivity index (χ0v) is 11.4. The van der Waals surface area contributed by atoms with E-state index in [1.165, 1.54) is 12.1 Å². The summed E-state index contributed by atoms with van der Waals surface area (Å²) in [4.78, 5) is 25.0. The Morgan fingerprint density at radius 1 is 1.50 bits per heavy atom. The molecule has 94 valence electrons. The summed E-state index contributed by atoms with van der Waals surface area (Å²) in [5.74, 6) is -0.889. The molecule has 1 heterocycles. The first-order valence-electron chi connectivity index (χ1n) is 4.96. The highest BCUT2D eigenvalue weighted by Crippen LogP contribution is 2.16. The molecule has 2 N–H and O–H groups in total. The molecule has 18 heavy (non-hydrogen) atoms. The van der Waals surface area contributed by atoms with E-state index in [0.717, 1.165) is 17.4 Å². The van der Waals surface area contributed by atoms with E-state index in [-0.39, 0.29) is 17.0 Å². The third-order valence-electron chi connectivity index (χ3n) is 2.19. The number of rotatable bonds is 3. The second kappa shape index (κ2) is 5.45. The molecule has 2 rings (SSSR count). The van der Waals surface area contributed by atoms with Crippen molar-refractivity contribution in [2.75, 3.05) is 0 Å². The number of halogens is 2. The largest absolute Gasteiger partial charge is 0.346 e. The van der Waals surface area contributed by atoms with Gasteiger partial charge in [0.05, 0.1) is 11.0 Å². The number of benzene rings is 1. The quantitative estimate of drug-likeness (QED) is 0.906. The number of aromatic nitrogens is 1. The Labute approximate surface area is 114 Å². The van der Waals surface area contributed by atoms with Crippen LogP contribution in [-0.2, 0) is 6.54 Å². The highest BCUT2D eigenvalue weighted by molar-refractivity contribution is 9.10. The predicted molar refractivity (Wildman–Crippen MR) is 70.2 cm³/mol. The minimum atomic E-state index is -0.494. The summed E-state index contributed by atoms with van der Waals surface area (Å²) >= 11 is 4.04. The number of hydrogen-bond donors (Lipinski definition) is 2. The number of nitrogens with one attached hydrogen (secondary N) is 2. The van der Waals surface area contributed by atoms with Crippen molar-refractivity contribution in [1.82, 2.24) is 10.3 Å². The molecule has 1 aromatic carbocycles. The molecule has 7 heteroatoms. The molecule has 0 aliphatic carbocycles. The van der Waals surface area contributed by atoms with E-state index in [1.54, 1.807) is 5.38 Å². The van der Waals surface area contributed by atoms with Crippen LogP contribution >= 0.6 is 27.3 Å². The Balaban J connectivity index is 2.03. The summed E-state index contributed by atoms with van der Waals surface area (Å²) in [6.45, 7) is 0.204. The van der Waals surface area contributed by atoms with E-state index in [9.17, 15) is 14.0 Å². The SMILES string of the molecule is O=C(NCc1csc(=O)[nH]1)c1ccc(Br)c(F)c1. The molecule has 0 aliphatic rings. The topological polar surface area (TPSA) is 62.0 Å². The zero-order valence-electron chi connectivity index (χ0n) is 9.00. The van der Waals surface area contributed by atoms with Gasteiger partial charge < -0.3 is 10.3 Å². The van der Waals surface area contributed by atoms with Gasteiger partial charge in [0.15, 0.2) is 0 Å². The monoisotopic (exact) mass is 330 g/mol.